The third-order valence-corrected chi connectivity index (χ3v) is 6.23. The van der Waals surface area contributed by atoms with Gasteiger partial charge in [0.1, 0.15) is 22.9 Å². The van der Waals surface area contributed by atoms with Crippen molar-refractivity contribution in [3.05, 3.63) is 12.5 Å². The minimum absolute atomic E-state index is 0.215. The van der Waals surface area contributed by atoms with Crippen LogP contribution in [0, 0.1) is 0 Å². The van der Waals surface area contributed by atoms with Crippen LogP contribution in [0.4, 0.5) is 15.0 Å². The zero-order valence-electron chi connectivity index (χ0n) is 20.2. The molecule has 0 aromatic carbocycles. The minimum atomic E-state index is -1.59. The number of imidazole rings is 1. The summed E-state index contributed by atoms with van der Waals surface area (Å²) in [6.45, 7) is 5.03. The number of aryl methyl sites for hydroxylation is 1. The second kappa shape index (κ2) is 9.71. The molecule has 0 spiro atoms. The molecule has 2 aliphatic carbocycles. The normalized spacial score (nSPS) is 19.4. The molecule has 2 saturated carbocycles. The fraction of sp³-hybridized carbons (Fsp3) is 0.696. The van der Waals surface area contributed by atoms with Crippen LogP contribution in [0.3, 0.4) is 0 Å². The van der Waals surface area contributed by atoms with Crippen molar-refractivity contribution in [2.24, 2.45) is 7.05 Å². The molecule has 0 bridgehead atoms. The van der Waals surface area contributed by atoms with E-state index < -0.39 is 46.5 Å². The summed E-state index contributed by atoms with van der Waals surface area (Å²) in [5, 5.41) is 7.56. The molecule has 11 heteroatoms. The van der Waals surface area contributed by atoms with E-state index in [2.05, 4.69) is 20.9 Å². The van der Waals surface area contributed by atoms with E-state index in [9.17, 15) is 19.2 Å². The summed E-state index contributed by atoms with van der Waals surface area (Å²) < 4.78 is 22.1. The van der Waals surface area contributed by atoms with Crippen LogP contribution in [0.1, 0.15) is 72.1 Å². The van der Waals surface area contributed by atoms with Crippen LogP contribution in [0.15, 0.2) is 12.5 Å². The number of Topliss-reactive ketones (excluding diaryl/α,β-unsaturated/α-hetero) is 1. The van der Waals surface area contributed by atoms with Gasteiger partial charge in [-0.25, -0.2) is 14.2 Å². The summed E-state index contributed by atoms with van der Waals surface area (Å²) in [5.41, 5.74) is -3.80. The van der Waals surface area contributed by atoms with Gasteiger partial charge in [0.2, 0.25) is 11.7 Å². The van der Waals surface area contributed by atoms with Gasteiger partial charge >= 0.3 is 6.09 Å². The van der Waals surface area contributed by atoms with Crippen molar-refractivity contribution < 1.29 is 28.3 Å². The highest BCUT2D eigenvalue weighted by molar-refractivity contribution is 6.44. The number of alkyl halides is 1. The van der Waals surface area contributed by atoms with Crippen LogP contribution in [-0.2, 0) is 26.2 Å². The lowest BCUT2D eigenvalue weighted by molar-refractivity contribution is -0.144. The number of carbonyl (C=O) groups is 4. The van der Waals surface area contributed by atoms with Crippen molar-refractivity contribution in [1.82, 2.24) is 20.2 Å². The largest absolute Gasteiger partial charge is 0.444 e. The molecule has 2 aliphatic rings. The molecular weight excluding hydrogens is 445 g/mol. The highest BCUT2D eigenvalue weighted by atomic mass is 19.1. The summed E-state index contributed by atoms with van der Waals surface area (Å²) in [6.07, 6.45) is 5.11. The van der Waals surface area contributed by atoms with E-state index >= 15 is 4.39 Å². The SMILES string of the molecule is Cn1cnc(NC(=O)C(=O)C2(NC(=O)[C@H](CC3(F)CCCC3)NC(=O)OC(C)(C)C)CCC2)c1. The second-order valence-electron chi connectivity index (χ2n) is 10.4. The summed E-state index contributed by atoms with van der Waals surface area (Å²) in [6, 6.07) is -1.25. The Labute approximate surface area is 198 Å². The van der Waals surface area contributed by atoms with Gasteiger partial charge in [0.25, 0.3) is 5.91 Å². The molecule has 1 heterocycles. The Bertz CT molecular complexity index is 944. The predicted molar refractivity (Wildman–Crippen MR) is 122 cm³/mol. The number of nitrogens with one attached hydrogen (secondary N) is 3. The number of carbonyl (C=O) groups excluding carboxylic acids is 4. The number of alkyl carbamates (subject to hydrolysis) is 1. The lowest BCUT2D eigenvalue weighted by atomic mass is 9.73. The monoisotopic (exact) mass is 479 g/mol. The Hall–Kier alpha value is -2.98. The van der Waals surface area contributed by atoms with Crippen molar-refractivity contribution in [3.63, 3.8) is 0 Å². The molecule has 3 amide bonds. The number of ketones is 1. The van der Waals surface area contributed by atoms with Gasteiger partial charge in [-0.2, -0.15) is 0 Å². The summed E-state index contributed by atoms with van der Waals surface area (Å²) in [4.78, 5) is 55.1. The average molecular weight is 480 g/mol. The maximum absolute atomic E-state index is 15.3. The van der Waals surface area contributed by atoms with Gasteiger partial charge in [0.15, 0.2) is 5.82 Å². The van der Waals surface area contributed by atoms with Crippen molar-refractivity contribution in [2.45, 2.75) is 95.0 Å². The molecule has 1 aromatic rings. The first-order chi connectivity index (χ1) is 15.8. The fourth-order valence-electron chi connectivity index (χ4n) is 4.37. The molecule has 2 fully saturated rings. The maximum atomic E-state index is 15.3. The zero-order chi connectivity index (χ0) is 25.1. The number of amides is 3. The van der Waals surface area contributed by atoms with E-state index in [0.717, 1.165) is 0 Å². The smallest absolute Gasteiger partial charge is 0.408 e. The molecule has 34 heavy (non-hydrogen) atoms. The summed E-state index contributed by atoms with van der Waals surface area (Å²) >= 11 is 0. The Kier molecular flexibility index (Phi) is 7.32. The third kappa shape index (κ3) is 6.32. The average Bonchev–Trinajstić information content (AvgIpc) is 3.30. The van der Waals surface area contributed by atoms with E-state index in [-0.39, 0.29) is 25.1 Å². The topological polar surface area (TPSA) is 131 Å². The number of rotatable bonds is 8. The Morgan fingerprint density at radius 1 is 1.15 bits per heavy atom. The Morgan fingerprint density at radius 3 is 2.29 bits per heavy atom. The molecule has 10 nitrogen and oxygen atoms in total. The van der Waals surface area contributed by atoms with E-state index in [4.69, 9.17) is 4.74 Å². The zero-order valence-corrected chi connectivity index (χ0v) is 20.2. The number of ether oxygens (including phenoxy) is 1. The van der Waals surface area contributed by atoms with Crippen LogP contribution in [0.25, 0.3) is 0 Å². The van der Waals surface area contributed by atoms with Gasteiger partial charge in [-0.15, -0.1) is 0 Å². The molecule has 0 saturated heterocycles. The number of hydrogen-bond donors (Lipinski definition) is 3. The Balaban J connectivity index is 1.72. The van der Waals surface area contributed by atoms with Gasteiger partial charge in [0, 0.05) is 19.7 Å². The van der Waals surface area contributed by atoms with Gasteiger partial charge in [-0.3, -0.25) is 14.4 Å². The van der Waals surface area contributed by atoms with Gasteiger partial charge < -0.3 is 25.3 Å². The number of anilines is 1. The maximum Gasteiger partial charge on any atom is 0.408 e. The number of nitrogens with zero attached hydrogens (tertiary/aromatic N) is 2. The first-order valence-corrected chi connectivity index (χ1v) is 11.7. The van der Waals surface area contributed by atoms with Crippen LogP contribution >= 0.6 is 0 Å². The lowest BCUT2D eigenvalue weighted by Crippen LogP contribution is -2.65. The number of hydrogen-bond acceptors (Lipinski definition) is 6. The highest BCUT2D eigenvalue weighted by Crippen LogP contribution is 2.38. The quantitative estimate of drug-likeness (QED) is 0.491. The molecular formula is C23H34FN5O5. The van der Waals surface area contributed by atoms with Gasteiger partial charge in [-0.05, 0) is 52.9 Å². The van der Waals surface area contributed by atoms with Crippen molar-refractivity contribution in [2.75, 3.05) is 5.32 Å². The molecule has 3 rings (SSSR count). The van der Waals surface area contributed by atoms with E-state index in [0.29, 0.717) is 32.1 Å². The molecule has 1 aromatic heterocycles. The Morgan fingerprint density at radius 2 is 1.79 bits per heavy atom. The first-order valence-electron chi connectivity index (χ1n) is 11.7. The summed E-state index contributed by atoms with van der Waals surface area (Å²) in [5.74, 6) is -2.20. The van der Waals surface area contributed by atoms with Crippen LogP contribution < -0.4 is 16.0 Å². The molecule has 188 valence electrons. The standard InChI is InChI=1S/C23H34FN5O5/c1-21(2,3)34-20(33)26-15(12-22(24)8-5-6-9-22)18(31)28-23(10-7-11-23)17(30)19(32)27-16-13-29(4)14-25-16/h13-15H,5-12H2,1-4H3,(H,26,33)(H,27,32)(H,28,31)/t15-/m0/s1. The first kappa shape index (κ1) is 25.6. The molecule has 0 unspecified atom stereocenters. The fourth-order valence-corrected chi connectivity index (χ4v) is 4.37. The van der Waals surface area contributed by atoms with E-state index in [1.54, 1.807) is 38.6 Å². The van der Waals surface area contributed by atoms with Crippen molar-refractivity contribution in [1.29, 1.82) is 0 Å². The highest BCUT2D eigenvalue weighted by Gasteiger charge is 2.50. The third-order valence-electron chi connectivity index (χ3n) is 6.23. The van der Waals surface area contributed by atoms with Gasteiger partial charge in [-0.1, -0.05) is 12.8 Å². The number of halogens is 1. The van der Waals surface area contributed by atoms with Crippen molar-refractivity contribution in [3.8, 4) is 0 Å². The van der Waals surface area contributed by atoms with E-state index in [1.807, 2.05) is 0 Å². The second-order valence-corrected chi connectivity index (χ2v) is 10.4. The van der Waals surface area contributed by atoms with Crippen LogP contribution in [-0.4, -0.2) is 56.1 Å². The minimum Gasteiger partial charge on any atom is -0.444 e. The van der Waals surface area contributed by atoms with E-state index in [1.165, 1.54) is 6.33 Å². The molecule has 1 atom stereocenters. The molecule has 0 radical (unpaired) electrons. The number of aromatic nitrogens is 2. The van der Waals surface area contributed by atoms with Gasteiger partial charge in [0.05, 0.1) is 6.33 Å². The molecule has 0 aliphatic heterocycles. The van der Waals surface area contributed by atoms with Crippen molar-refractivity contribution >= 4 is 29.5 Å². The summed E-state index contributed by atoms with van der Waals surface area (Å²) in [7, 11) is 1.72. The molecule has 3 N–H and O–H groups in total. The van der Waals surface area contributed by atoms with Crippen LogP contribution in [0.2, 0.25) is 0 Å². The predicted octanol–water partition coefficient (Wildman–Crippen LogP) is 2.53. The lowest BCUT2D eigenvalue weighted by Gasteiger charge is -2.41. The van der Waals surface area contributed by atoms with Crippen LogP contribution in [0.5, 0.6) is 0 Å².